The second-order valence-electron chi connectivity index (χ2n) is 9.25. The van der Waals surface area contributed by atoms with E-state index >= 15 is 0 Å². The molecule has 208 valence electrons. The minimum absolute atomic E-state index is 0.0373. The molecule has 2 heterocycles. The Morgan fingerprint density at radius 1 is 1.02 bits per heavy atom. The number of hydrogen-bond acceptors (Lipinski definition) is 8. The fourth-order valence-electron chi connectivity index (χ4n) is 4.48. The molecular formula is C31H25FN2O6S. The number of halogens is 1. The van der Waals surface area contributed by atoms with Crippen LogP contribution in [-0.2, 0) is 14.3 Å². The molecule has 0 unspecified atom stereocenters. The Labute approximate surface area is 239 Å². The summed E-state index contributed by atoms with van der Waals surface area (Å²) in [6.07, 6.45) is 0. The van der Waals surface area contributed by atoms with E-state index in [1.807, 2.05) is 18.2 Å². The maximum Gasteiger partial charge on any atom is 0.350 e. The van der Waals surface area contributed by atoms with E-state index in [0.29, 0.717) is 28.3 Å². The Kier molecular flexibility index (Phi) is 7.67. The van der Waals surface area contributed by atoms with Crippen LogP contribution in [0.15, 0.2) is 78.4 Å². The monoisotopic (exact) mass is 572 g/mol. The smallest absolute Gasteiger partial charge is 0.350 e. The minimum atomic E-state index is -1.15. The van der Waals surface area contributed by atoms with Crippen LogP contribution in [0.2, 0.25) is 0 Å². The van der Waals surface area contributed by atoms with E-state index in [2.05, 4.69) is 4.98 Å². The largest absolute Gasteiger partial charge is 0.507 e. The Hall–Kier alpha value is -4.83. The minimum Gasteiger partial charge on any atom is -0.507 e. The van der Waals surface area contributed by atoms with Crippen molar-refractivity contribution in [2.45, 2.75) is 26.8 Å². The molecule has 4 aromatic rings. The number of benzene rings is 3. The summed E-state index contributed by atoms with van der Waals surface area (Å²) in [6.45, 7) is 4.99. The first-order valence-corrected chi connectivity index (χ1v) is 13.6. The van der Waals surface area contributed by atoms with Crippen molar-refractivity contribution < 1.29 is 33.4 Å². The topological polar surface area (TPSA) is 106 Å². The van der Waals surface area contributed by atoms with E-state index < -0.39 is 35.3 Å². The van der Waals surface area contributed by atoms with Gasteiger partial charge in [-0.3, -0.25) is 14.5 Å². The molecule has 1 atom stereocenters. The molecule has 1 aliphatic heterocycles. The van der Waals surface area contributed by atoms with Crippen LogP contribution < -0.4 is 9.64 Å². The third-order valence-corrected chi connectivity index (χ3v) is 7.63. The number of amides is 1. The van der Waals surface area contributed by atoms with Crippen LogP contribution in [0.4, 0.5) is 9.52 Å². The van der Waals surface area contributed by atoms with Gasteiger partial charge in [0.2, 0.25) is 0 Å². The molecule has 5 rings (SSSR count). The summed E-state index contributed by atoms with van der Waals surface area (Å²) in [5, 5.41) is 11.4. The van der Waals surface area contributed by atoms with Gasteiger partial charge in [-0.1, -0.05) is 53.8 Å². The molecule has 0 aliphatic carbocycles. The first-order chi connectivity index (χ1) is 19.7. The average Bonchev–Trinajstić information content (AvgIpc) is 3.47. The molecule has 0 bridgehead atoms. The Bertz CT molecular complexity index is 1700. The maximum absolute atomic E-state index is 14.4. The number of aryl methyl sites for hydroxylation is 2. The lowest BCUT2D eigenvalue weighted by atomic mass is 9.95. The summed E-state index contributed by atoms with van der Waals surface area (Å²) in [4.78, 5) is 45.3. The lowest BCUT2D eigenvalue weighted by Crippen LogP contribution is -2.29. The highest BCUT2D eigenvalue weighted by Crippen LogP contribution is 2.44. The van der Waals surface area contributed by atoms with Gasteiger partial charge < -0.3 is 14.6 Å². The number of rotatable bonds is 7. The predicted octanol–water partition coefficient (Wildman–Crippen LogP) is 6.49. The zero-order valence-electron chi connectivity index (χ0n) is 22.4. The number of Topliss-reactive ketones (excluding diaryl/α,β-unsaturated/α-hetero) is 1. The summed E-state index contributed by atoms with van der Waals surface area (Å²) in [6, 6.07) is 18.7. The van der Waals surface area contributed by atoms with Gasteiger partial charge in [0.1, 0.15) is 28.0 Å². The number of para-hydroxylation sites is 1. The number of esters is 1. The van der Waals surface area contributed by atoms with Crippen molar-refractivity contribution in [3.63, 3.8) is 0 Å². The summed E-state index contributed by atoms with van der Waals surface area (Å²) < 4.78 is 25.5. The van der Waals surface area contributed by atoms with E-state index in [-0.39, 0.29) is 27.8 Å². The van der Waals surface area contributed by atoms with Crippen LogP contribution in [-0.4, -0.2) is 34.4 Å². The molecule has 1 saturated heterocycles. The number of aromatic nitrogens is 1. The molecule has 1 aliphatic rings. The van der Waals surface area contributed by atoms with E-state index in [0.717, 1.165) is 22.3 Å². The third kappa shape index (κ3) is 5.33. The molecular weight excluding hydrogens is 547 g/mol. The van der Waals surface area contributed by atoms with Crippen LogP contribution in [0.3, 0.4) is 0 Å². The highest BCUT2D eigenvalue weighted by atomic mass is 32.1. The number of nitrogens with zero attached hydrogens (tertiary/aromatic N) is 2. The SMILES string of the molecule is CCOC(=O)c1sc(N2C(=O)C(=O)C(=C(O)c3ccc(C)c(F)c3)[C@@H]2c2cccc(Oc3ccccc3)c2)nc1C. The lowest BCUT2D eigenvalue weighted by molar-refractivity contribution is -0.132. The highest BCUT2D eigenvalue weighted by Gasteiger charge is 2.48. The maximum atomic E-state index is 14.4. The van der Waals surface area contributed by atoms with Gasteiger partial charge in [-0.25, -0.2) is 14.2 Å². The van der Waals surface area contributed by atoms with Gasteiger partial charge in [0, 0.05) is 5.56 Å². The average molecular weight is 573 g/mol. The normalized spacial score (nSPS) is 16.2. The van der Waals surface area contributed by atoms with E-state index in [9.17, 15) is 23.9 Å². The molecule has 1 fully saturated rings. The van der Waals surface area contributed by atoms with Crippen molar-refractivity contribution in [2.24, 2.45) is 0 Å². The molecule has 41 heavy (non-hydrogen) atoms. The van der Waals surface area contributed by atoms with Gasteiger partial charge >= 0.3 is 11.9 Å². The number of ketones is 1. The second-order valence-corrected chi connectivity index (χ2v) is 10.2. The Balaban J connectivity index is 1.67. The standard InChI is InChI=1S/C31H25FN2O6S/c1-4-39-30(38)28-18(3)33-31(41-28)34-25(19-9-8-12-22(15-19)40-21-10-6-5-7-11-21)24(27(36)29(34)37)26(35)20-14-13-17(2)23(32)16-20/h5-16,25,35H,4H2,1-3H3/t25-/m0/s1. The van der Waals surface area contributed by atoms with Crippen molar-refractivity contribution in [1.82, 2.24) is 4.98 Å². The van der Waals surface area contributed by atoms with Crippen molar-refractivity contribution in [3.05, 3.63) is 111 Å². The molecule has 8 nitrogen and oxygen atoms in total. The van der Waals surface area contributed by atoms with E-state index in [1.54, 1.807) is 57.2 Å². The predicted molar refractivity (Wildman–Crippen MR) is 152 cm³/mol. The Morgan fingerprint density at radius 3 is 2.46 bits per heavy atom. The first kappa shape index (κ1) is 27.7. The summed E-state index contributed by atoms with van der Waals surface area (Å²) >= 11 is 0.902. The van der Waals surface area contributed by atoms with Crippen LogP contribution in [0.1, 0.15) is 45.0 Å². The quantitative estimate of drug-likeness (QED) is 0.117. The fraction of sp³-hybridized carbons (Fsp3) is 0.161. The number of anilines is 1. The first-order valence-electron chi connectivity index (χ1n) is 12.7. The van der Waals surface area contributed by atoms with Gasteiger partial charge in [0.15, 0.2) is 5.13 Å². The van der Waals surface area contributed by atoms with Crippen molar-refractivity contribution in [3.8, 4) is 11.5 Å². The second kappa shape index (κ2) is 11.3. The molecule has 10 heteroatoms. The van der Waals surface area contributed by atoms with Crippen molar-refractivity contribution >= 4 is 39.9 Å². The fourth-order valence-corrected chi connectivity index (χ4v) is 5.47. The highest BCUT2D eigenvalue weighted by molar-refractivity contribution is 7.17. The number of carbonyl (C=O) groups excluding carboxylic acids is 3. The molecule has 1 amide bonds. The van der Waals surface area contributed by atoms with Crippen LogP contribution in [0.5, 0.6) is 11.5 Å². The number of aliphatic hydroxyl groups excluding tert-OH is 1. The molecule has 1 aromatic heterocycles. The molecule has 1 N–H and O–H groups in total. The number of thiazole rings is 1. The summed E-state index contributed by atoms with van der Waals surface area (Å²) in [5.41, 5.74) is 0.896. The van der Waals surface area contributed by atoms with Gasteiger partial charge in [0.25, 0.3) is 5.78 Å². The summed E-state index contributed by atoms with van der Waals surface area (Å²) in [7, 11) is 0. The van der Waals surface area contributed by atoms with Crippen molar-refractivity contribution in [2.75, 3.05) is 11.5 Å². The number of carbonyl (C=O) groups is 3. The Morgan fingerprint density at radius 2 is 1.76 bits per heavy atom. The molecule has 0 radical (unpaired) electrons. The number of aliphatic hydroxyl groups is 1. The zero-order chi connectivity index (χ0) is 29.3. The zero-order valence-corrected chi connectivity index (χ0v) is 23.2. The third-order valence-electron chi connectivity index (χ3n) is 6.49. The van der Waals surface area contributed by atoms with Crippen molar-refractivity contribution in [1.29, 1.82) is 0 Å². The van der Waals surface area contributed by atoms with Gasteiger partial charge in [-0.2, -0.15) is 0 Å². The molecule has 0 saturated carbocycles. The van der Waals surface area contributed by atoms with E-state index in [4.69, 9.17) is 9.47 Å². The molecule has 3 aromatic carbocycles. The van der Waals surface area contributed by atoms with Crippen LogP contribution >= 0.6 is 11.3 Å². The molecule has 0 spiro atoms. The van der Waals surface area contributed by atoms with Gasteiger partial charge in [-0.05, 0) is 62.2 Å². The summed E-state index contributed by atoms with van der Waals surface area (Å²) in [5.74, 6) is -2.66. The van der Waals surface area contributed by atoms with E-state index in [1.165, 1.54) is 12.1 Å². The van der Waals surface area contributed by atoms with Gasteiger partial charge in [0.05, 0.1) is 23.9 Å². The van der Waals surface area contributed by atoms with Crippen LogP contribution in [0, 0.1) is 19.7 Å². The number of hydrogen-bond donors (Lipinski definition) is 1. The lowest BCUT2D eigenvalue weighted by Gasteiger charge is -2.23. The van der Waals surface area contributed by atoms with Gasteiger partial charge in [-0.15, -0.1) is 0 Å². The van der Waals surface area contributed by atoms with Crippen LogP contribution in [0.25, 0.3) is 5.76 Å². The number of ether oxygens (including phenoxy) is 2.